The number of benzene rings is 2. The Kier molecular flexibility index (Phi) is 11.6. The summed E-state index contributed by atoms with van der Waals surface area (Å²) in [5.41, 5.74) is 3.45. The molecule has 14 heteroatoms. The first-order chi connectivity index (χ1) is 20.1. The monoisotopic (exact) mass is 617 g/mol. The quantitative estimate of drug-likeness (QED) is 0.314. The zero-order valence-electron chi connectivity index (χ0n) is 23.0. The van der Waals surface area contributed by atoms with E-state index < -0.39 is 24.3 Å². The molecule has 8 nitrogen and oxygen atoms in total. The second kappa shape index (κ2) is 14.7. The summed E-state index contributed by atoms with van der Waals surface area (Å²) in [6, 6.07) is 19.7. The van der Waals surface area contributed by atoms with Crippen LogP contribution < -0.4 is 10.6 Å². The first-order valence-electron chi connectivity index (χ1n) is 13.6. The molecule has 2 aromatic rings. The number of likely N-dealkylation sites (tertiary alicyclic amines) is 1. The molecule has 2 saturated carbocycles. The maximum atomic E-state index is 12.8. The van der Waals surface area contributed by atoms with Crippen LogP contribution in [0.1, 0.15) is 53.1 Å². The molecule has 236 valence electrons. The van der Waals surface area contributed by atoms with E-state index >= 15 is 0 Å². The molecule has 0 aromatic heterocycles. The fraction of sp³-hybridized carbons (Fsp3) is 0.483. The molecule has 3 unspecified atom stereocenters. The van der Waals surface area contributed by atoms with Crippen molar-refractivity contribution >= 4 is 17.8 Å². The third kappa shape index (κ3) is 11.9. The third-order valence-electron chi connectivity index (χ3n) is 7.07. The van der Waals surface area contributed by atoms with Gasteiger partial charge in [-0.15, -0.1) is 0 Å². The van der Waals surface area contributed by atoms with E-state index in [-0.39, 0.29) is 11.9 Å². The van der Waals surface area contributed by atoms with Gasteiger partial charge in [0.2, 0.25) is 0 Å². The van der Waals surface area contributed by atoms with Crippen LogP contribution in [0.4, 0.5) is 26.3 Å². The number of hydrogen-bond donors (Lipinski definition) is 4. The van der Waals surface area contributed by atoms with Gasteiger partial charge in [-0.25, -0.2) is 9.59 Å². The van der Waals surface area contributed by atoms with Gasteiger partial charge in [-0.3, -0.25) is 9.69 Å². The highest BCUT2D eigenvalue weighted by molar-refractivity contribution is 5.94. The zero-order valence-corrected chi connectivity index (χ0v) is 23.0. The highest BCUT2D eigenvalue weighted by atomic mass is 19.4. The molecule has 1 heterocycles. The minimum absolute atomic E-state index is 0.0709. The van der Waals surface area contributed by atoms with E-state index in [0.717, 1.165) is 37.5 Å². The average molecular weight is 618 g/mol. The standard InChI is InChI=1S/C25H31N3O.2C2HF3O2/c29-25(27-22-11-12-28(17-22)16-19-5-2-1-3-6-19)21-8-4-7-20(13-21)23-14-24(23)26-15-18-9-10-18;2*3-2(4,5)1(6)7/h1-8,13,18,22-24,26H,9-12,14-17H2,(H,27,29);2*(H,6,7). The van der Waals surface area contributed by atoms with Gasteiger partial charge in [-0.2, -0.15) is 26.3 Å². The molecule has 1 amide bonds. The summed E-state index contributed by atoms with van der Waals surface area (Å²) in [4.78, 5) is 33.0. The SMILES string of the molecule is O=C(NC1CCN(Cc2ccccc2)C1)c1cccc(C2CC2NCC2CC2)c1.O=C(O)C(F)(F)F.O=C(O)C(F)(F)F. The molecule has 43 heavy (non-hydrogen) atoms. The van der Waals surface area contributed by atoms with Gasteiger partial charge in [0.1, 0.15) is 0 Å². The second-order valence-electron chi connectivity index (χ2n) is 10.7. The van der Waals surface area contributed by atoms with Gasteiger partial charge >= 0.3 is 24.3 Å². The van der Waals surface area contributed by atoms with Gasteiger partial charge in [-0.05, 0) is 61.4 Å². The summed E-state index contributed by atoms with van der Waals surface area (Å²) in [7, 11) is 0. The molecule has 3 atom stereocenters. The Morgan fingerprint density at radius 2 is 1.47 bits per heavy atom. The van der Waals surface area contributed by atoms with Gasteiger partial charge in [0, 0.05) is 43.2 Å². The van der Waals surface area contributed by atoms with E-state index in [9.17, 15) is 31.1 Å². The Balaban J connectivity index is 0.000000303. The molecule has 0 bridgehead atoms. The van der Waals surface area contributed by atoms with Crippen molar-refractivity contribution in [2.24, 2.45) is 5.92 Å². The van der Waals surface area contributed by atoms with Gasteiger partial charge in [0.15, 0.2) is 0 Å². The number of rotatable bonds is 8. The molecule has 2 aliphatic carbocycles. The van der Waals surface area contributed by atoms with Crippen molar-refractivity contribution in [3.05, 3.63) is 71.3 Å². The summed E-state index contributed by atoms with van der Waals surface area (Å²) >= 11 is 0. The largest absolute Gasteiger partial charge is 0.490 e. The molecule has 1 aliphatic heterocycles. The summed E-state index contributed by atoms with van der Waals surface area (Å²) in [6.07, 6.45) is -5.16. The molecular weight excluding hydrogens is 584 g/mol. The lowest BCUT2D eigenvalue weighted by molar-refractivity contribution is -0.193. The minimum atomic E-state index is -5.08. The van der Waals surface area contributed by atoms with Gasteiger partial charge in [0.25, 0.3) is 5.91 Å². The highest BCUT2D eigenvalue weighted by Crippen LogP contribution is 2.41. The number of carboxylic acid groups (broad SMARTS) is 2. The second-order valence-corrected chi connectivity index (χ2v) is 10.7. The number of carbonyl (C=O) groups excluding carboxylic acids is 1. The third-order valence-corrected chi connectivity index (χ3v) is 7.07. The van der Waals surface area contributed by atoms with Crippen LogP contribution in [-0.4, -0.2) is 77.0 Å². The van der Waals surface area contributed by atoms with Crippen LogP contribution in [0.25, 0.3) is 0 Å². The van der Waals surface area contributed by atoms with Crippen molar-refractivity contribution in [3.63, 3.8) is 0 Å². The van der Waals surface area contributed by atoms with E-state index in [1.165, 1.54) is 36.9 Å². The number of nitrogens with zero attached hydrogens (tertiary/aromatic N) is 1. The van der Waals surface area contributed by atoms with E-state index in [1.54, 1.807) is 0 Å². The molecule has 5 rings (SSSR count). The number of carboxylic acids is 2. The van der Waals surface area contributed by atoms with Crippen molar-refractivity contribution in [2.45, 2.75) is 62.6 Å². The number of carbonyl (C=O) groups is 3. The van der Waals surface area contributed by atoms with Crippen molar-refractivity contribution in [1.82, 2.24) is 15.5 Å². The Hall–Kier alpha value is -3.65. The van der Waals surface area contributed by atoms with E-state index in [2.05, 4.69) is 58.0 Å². The van der Waals surface area contributed by atoms with Crippen LogP contribution in [0.3, 0.4) is 0 Å². The van der Waals surface area contributed by atoms with Gasteiger partial charge in [-0.1, -0.05) is 42.5 Å². The summed E-state index contributed by atoms with van der Waals surface area (Å²) < 4.78 is 63.5. The summed E-state index contributed by atoms with van der Waals surface area (Å²) in [6.45, 7) is 4.09. The number of hydrogen-bond acceptors (Lipinski definition) is 5. The Morgan fingerprint density at radius 1 is 0.860 bits per heavy atom. The van der Waals surface area contributed by atoms with Crippen LogP contribution in [0.15, 0.2) is 54.6 Å². The van der Waals surface area contributed by atoms with Crippen LogP contribution in [0.5, 0.6) is 0 Å². The van der Waals surface area contributed by atoms with Gasteiger partial charge < -0.3 is 20.8 Å². The molecule has 3 aliphatic rings. The first kappa shape index (κ1) is 33.8. The number of amides is 1. The Labute approximate surface area is 244 Å². The molecule has 3 fully saturated rings. The minimum Gasteiger partial charge on any atom is -0.475 e. The van der Waals surface area contributed by atoms with E-state index in [4.69, 9.17) is 19.8 Å². The molecule has 2 aromatic carbocycles. The summed E-state index contributed by atoms with van der Waals surface area (Å²) in [5, 5.41) is 21.2. The lowest BCUT2D eigenvalue weighted by Gasteiger charge is -2.17. The molecule has 4 N–H and O–H groups in total. The lowest BCUT2D eigenvalue weighted by atomic mass is 10.1. The Bertz CT molecular complexity index is 1210. The van der Waals surface area contributed by atoms with Crippen molar-refractivity contribution in [2.75, 3.05) is 19.6 Å². The van der Waals surface area contributed by atoms with E-state index in [1.807, 2.05) is 12.1 Å². The first-order valence-corrected chi connectivity index (χ1v) is 13.6. The number of nitrogens with one attached hydrogen (secondary N) is 2. The highest BCUT2D eigenvalue weighted by Gasteiger charge is 2.40. The van der Waals surface area contributed by atoms with Crippen LogP contribution in [0, 0.1) is 5.92 Å². The van der Waals surface area contributed by atoms with Crippen LogP contribution in [-0.2, 0) is 16.1 Å². The lowest BCUT2D eigenvalue weighted by Crippen LogP contribution is -2.37. The smallest absolute Gasteiger partial charge is 0.475 e. The van der Waals surface area contributed by atoms with Crippen molar-refractivity contribution in [1.29, 1.82) is 0 Å². The van der Waals surface area contributed by atoms with Crippen molar-refractivity contribution in [3.8, 4) is 0 Å². The predicted molar refractivity (Wildman–Crippen MR) is 143 cm³/mol. The molecule has 0 radical (unpaired) electrons. The number of aliphatic carboxylic acids is 2. The topological polar surface area (TPSA) is 119 Å². The average Bonchev–Trinajstić information content (AvgIpc) is 3.86. The fourth-order valence-corrected chi connectivity index (χ4v) is 4.54. The Morgan fingerprint density at radius 3 is 2.02 bits per heavy atom. The van der Waals surface area contributed by atoms with E-state index in [0.29, 0.717) is 12.0 Å². The predicted octanol–water partition coefficient (Wildman–Crippen LogP) is 4.81. The summed E-state index contributed by atoms with van der Waals surface area (Å²) in [5.74, 6) is -3.95. The van der Waals surface area contributed by atoms with Crippen LogP contribution in [0.2, 0.25) is 0 Å². The zero-order chi connectivity index (χ0) is 31.8. The number of halogens is 6. The maximum Gasteiger partial charge on any atom is 0.490 e. The number of alkyl halides is 6. The van der Waals surface area contributed by atoms with Gasteiger partial charge in [0.05, 0.1) is 0 Å². The molecular formula is C29H33F6N3O5. The molecule has 0 spiro atoms. The molecule has 1 saturated heterocycles. The van der Waals surface area contributed by atoms with Crippen molar-refractivity contribution < 1.29 is 50.9 Å². The maximum absolute atomic E-state index is 12.8. The van der Waals surface area contributed by atoms with Crippen LogP contribution >= 0.6 is 0 Å². The normalized spacial score (nSPS) is 21.5. The fourth-order valence-electron chi connectivity index (χ4n) is 4.54.